The number of nitrogens with zero attached hydrogens (tertiary/aromatic N) is 1. The summed E-state index contributed by atoms with van der Waals surface area (Å²) in [6.45, 7) is 8.46. The van der Waals surface area contributed by atoms with Crippen molar-refractivity contribution in [2.45, 2.75) is 52.5 Å². The highest BCUT2D eigenvalue weighted by atomic mass is 16.1. The normalized spacial score (nSPS) is 17.4. The van der Waals surface area contributed by atoms with Crippen molar-refractivity contribution in [1.29, 1.82) is 0 Å². The molecule has 0 unspecified atom stereocenters. The summed E-state index contributed by atoms with van der Waals surface area (Å²) in [6, 6.07) is 4.56. The monoisotopic (exact) mass is 298 g/mol. The number of ketones is 1. The molecule has 1 atom stereocenters. The van der Waals surface area contributed by atoms with Crippen LogP contribution in [0.1, 0.15) is 55.1 Å². The topological polar surface area (TPSA) is 36.1 Å². The first-order valence-electron chi connectivity index (χ1n) is 8.52. The first-order chi connectivity index (χ1) is 10.7. The van der Waals surface area contributed by atoms with Gasteiger partial charge in [-0.05, 0) is 69.0 Å². The zero-order chi connectivity index (χ0) is 15.7. The molecule has 2 aromatic rings. The lowest BCUT2D eigenvalue weighted by Crippen LogP contribution is -2.41. The van der Waals surface area contributed by atoms with E-state index in [-0.39, 0.29) is 5.78 Å². The Morgan fingerprint density at radius 2 is 1.95 bits per heavy atom. The molecule has 0 bridgehead atoms. The van der Waals surface area contributed by atoms with Gasteiger partial charge < -0.3 is 4.98 Å². The summed E-state index contributed by atoms with van der Waals surface area (Å²) >= 11 is 0. The third-order valence-electron chi connectivity index (χ3n) is 4.85. The zero-order valence-corrected chi connectivity index (χ0v) is 13.9. The lowest BCUT2D eigenvalue weighted by molar-refractivity contribution is 0.101. The number of aromatic nitrogens is 1. The Hall–Kier alpha value is -1.61. The second kappa shape index (κ2) is 6.25. The third kappa shape index (κ3) is 2.58. The summed E-state index contributed by atoms with van der Waals surface area (Å²) in [7, 11) is 0. The van der Waals surface area contributed by atoms with Crippen molar-refractivity contribution in [3.63, 3.8) is 0 Å². The molecule has 3 nitrogen and oxygen atoms in total. The van der Waals surface area contributed by atoms with Crippen molar-refractivity contribution in [1.82, 2.24) is 9.88 Å². The van der Waals surface area contributed by atoms with Gasteiger partial charge in [0, 0.05) is 28.7 Å². The highest BCUT2D eigenvalue weighted by molar-refractivity contribution is 6.02. The molecule has 0 fully saturated rings. The molecule has 0 amide bonds. The molecule has 118 valence electrons. The molecule has 3 heteroatoms. The molecular weight excluding hydrogens is 272 g/mol. The van der Waals surface area contributed by atoms with Gasteiger partial charge in [-0.2, -0.15) is 0 Å². The SMILES string of the molecule is CCCN(CCC)[C@H]1Cc2c[nH]c3ccc(C(C)=O)c(c23)C1. The smallest absolute Gasteiger partial charge is 0.160 e. The van der Waals surface area contributed by atoms with E-state index in [0.29, 0.717) is 6.04 Å². The zero-order valence-electron chi connectivity index (χ0n) is 13.9. The lowest BCUT2D eigenvalue weighted by Gasteiger charge is -2.34. The van der Waals surface area contributed by atoms with Crippen molar-refractivity contribution >= 4 is 16.7 Å². The fraction of sp³-hybridized carbons (Fsp3) is 0.526. The van der Waals surface area contributed by atoms with Gasteiger partial charge in [0.15, 0.2) is 5.78 Å². The number of nitrogens with one attached hydrogen (secondary N) is 1. The summed E-state index contributed by atoms with van der Waals surface area (Å²) < 4.78 is 0. The molecule has 1 heterocycles. The summed E-state index contributed by atoms with van der Waals surface area (Å²) in [6.07, 6.45) is 6.59. The Morgan fingerprint density at radius 1 is 1.23 bits per heavy atom. The molecule has 0 saturated heterocycles. The van der Waals surface area contributed by atoms with Crippen LogP contribution in [-0.4, -0.2) is 34.8 Å². The van der Waals surface area contributed by atoms with Gasteiger partial charge in [-0.15, -0.1) is 0 Å². The van der Waals surface area contributed by atoms with Crippen LogP contribution in [0.5, 0.6) is 0 Å². The van der Waals surface area contributed by atoms with Crippen LogP contribution < -0.4 is 0 Å². The van der Waals surface area contributed by atoms with Crippen molar-refractivity contribution in [3.8, 4) is 0 Å². The van der Waals surface area contributed by atoms with Crippen molar-refractivity contribution < 1.29 is 4.79 Å². The summed E-state index contributed by atoms with van der Waals surface area (Å²) in [5.41, 5.74) is 4.72. The number of aromatic amines is 1. The number of rotatable bonds is 6. The predicted molar refractivity (Wildman–Crippen MR) is 91.7 cm³/mol. The Bertz CT molecular complexity index is 680. The van der Waals surface area contributed by atoms with E-state index in [1.54, 1.807) is 6.92 Å². The average Bonchev–Trinajstić information content (AvgIpc) is 2.91. The van der Waals surface area contributed by atoms with Gasteiger partial charge in [0.25, 0.3) is 0 Å². The first kappa shape index (κ1) is 15.3. The maximum atomic E-state index is 12.0. The van der Waals surface area contributed by atoms with Crippen LogP contribution in [0.3, 0.4) is 0 Å². The van der Waals surface area contributed by atoms with Crippen LogP contribution in [0.4, 0.5) is 0 Å². The number of benzene rings is 1. The average molecular weight is 298 g/mol. The number of carbonyl (C=O) groups is 1. The van der Waals surface area contributed by atoms with Crippen molar-refractivity contribution in [2.75, 3.05) is 13.1 Å². The minimum atomic E-state index is 0.183. The number of Topliss-reactive ketones (excluding diaryl/α,β-unsaturated/α-hetero) is 1. The van der Waals surface area contributed by atoms with Crippen LogP contribution in [0, 0.1) is 0 Å². The predicted octanol–water partition coefficient (Wildman–Crippen LogP) is 3.96. The molecule has 1 N–H and O–H groups in total. The maximum absolute atomic E-state index is 12.0. The quantitative estimate of drug-likeness (QED) is 0.819. The van der Waals surface area contributed by atoms with Gasteiger partial charge in [-0.3, -0.25) is 9.69 Å². The number of H-pyrrole nitrogens is 1. The van der Waals surface area contributed by atoms with Crippen LogP contribution in [0.25, 0.3) is 10.9 Å². The second-order valence-corrected chi connectivity index (χ2v) is 6.48. The molecule has 1 aliphatic carbocycles. The number of hydrogen-bond acceptors (Lipinski definition) is 2. The van der Waals surface area contributed by atoms with E-state index in [1.807, 2.05) is 6.07 Å². The van der Waals surface area contributed by atoms with E-state index in [1.165, 1.54) is 34.9 Å². The van der Waals surface area contributed by atoms with Gasteiger partial charge in [0.1, 0.15) is 0 Å². The Kier molecular flexibility index (Phi) is 4.34. The molecule has 22 heavy (non-hydrogen) atoms. The lowest BCUT2D eigenvalue weighted by atomic mass is 9.84. The second-order valence-electron chi connectivity index (χ2n) is 6.48. The molecular formula is C19H26N2O. The van der Waals surface area contributed by atoms with Gasteiger partial charge in [-0.25, -0.2) is 0 Å². The molecule has 0 spiro atoms. The van der Waals surface area contributed by atoms with E-state index >= 15 is 0 Å². The summed E-state index contributed by atoms with van der Waals surface area (Å²) in [5, 5.41) is 1.30. The first-order valence-corrected chi connectivity index (χ1v) is 8.52. The number of carbonyl (C=O) groups excluding carboxylic acids is 1. The van der Waals surface area contributed by atoms with E-state index < -0.39 is 0 Å². The fourth-order valence-corrected chi connectivity index (χ4v) is 3.95. The van der Waals surface area contributed by atoms with E-state index in [0.717, 1.165) is 31.5 Å². The highest BCUT2D eigenvalue weighted by Crippen LogP contribution is 2.34. The number of hydrogen-bond donors (Lipinski definition) is 1. The molecule has 0 saturated carbocycles. The van der Waals surface area contributed by atoms with E-state index in [9.17, 15) is 4.79 Å². The van der Waals surface area contributed by atoms with Gasteiger partial charge >= 0.3 is 0 Å². The van der Waals surface area contributed by atoms with Crippen molar-refractivity contribution in [3.05, 3.63) is 35.0 Å². The molecule has 0 radical (unpaired) electrons. The van der Waals surface area contributed by atoms with Gasteiger partial charge in [-0.1, -0.05) is 13.8 Å². The van der Waals surface area contributed by atoms with E-state index in [4.69, 9.17) is 0 Å². The standard InChI is InChI=1S/C19H26N2O/c1-4-8-21(9-5-2)15-10-14-12-20-18-7-6-16(13(3)22)17(11-15)19(14)18/h6-7,12,15,20H,4-5,8-11H2,1-3H3/t15-/m0/s1. The van der Waals surface area contributed by atoms with Crippen LogP contribution in [0.2, 0.25) is 0 Å². The largest absolute Gasteiger partial charge is 0.361 e. The molecule has 1 aliphatic rings. The maximum Gasteiger partial charge on any atom is 0.160 e. The summed E-state index contributed by atoms with van der Waals surface area (Å²) in [5.74, 6) is 0.183. The fourth-order valence-electron chi connectivity index (χ4n) is 3.95. The Morgan fingerprint density at radius 3 is 2.59 bits per heavy atom. The van der Waals surface area contributed by atoms with Crippen LogP contribution >= 0.6 is 0 Å². The Balaban J connectivity index is 2.02. The molecule has 1 aromatic carbocycles. The minimum absolute atomic E-state index is 0.183. The molecule has 1 aromatic heterocycles. The third-order valence-corrected chi connectivity index (χ3v) is 4.85. The molecule has 0 aliphatic heterocycles. The van der Waals surface area contributed by atoms with Crippen LogP contribution in [0.15, 0.2) is 18.3 Å². The highest BCUT2D eigenvalue weighted by Gasteiger charge is 2.28. The van der Waals surface area contributed by atoms with Crippen LogP contribution in [-0.2, 0) is 12.8 Å². The molecule has 3 rings (SSSR count). The van der Waals surface area contributed by atoms with Gasteiger partial charge in [0.2, 0.25) is 0 Å². The minimum Gasteiger partial charge on any atom is -0.361 e. The summed E-state index contributed by atoms with van der Waals surface area (Å²) in [4.78, 5) is 18.0. The van der Waals surface area contributed by atoms with Crippen molar-refractivity contribution in [2.24, 2.45) is 0 Å². The van der Waals surface area contributed by atoms with Gasteiger partial charge in [0.05, 0.1) is 0 Å². The Labute approximate surface area is 132 Å². The van der Waals surface area contributed by atoms with E-state index in [2.05, 4.69) is 36.0 Å².